The highest BCUT2D eigenvalue weighted by Gasteiger charge is 2.25. The van der Waals surface area contributed by atoms with Gasteiger partial charge in [0, 0.05) is 4.78 Å². The van der Waals surface area contributed by atoms with E-state index in [1.54, 1.807) is 0 Å². The summed E-state index contributed by atoms with van der Waals surface area (Å²) in [5.41, 5.74) is 1.28. The van der Waals surface area contributed by atoms with Crippen LogP contribution in [0.2, 0.25) is 0 Å². The van der Waals surface area contributed by atoms with E-state index in [1.807, 2.05) is 11.4 Å². The fraction of sp³-hybridized carbons (Fsp3) is 0.429. The average molecular weight is 168 g/mol. The van der Waals surface area contributed by atoms with Gasteiger partial charge in [0.25, 0.3) is 0 Å². The third-order valence-electron chi connectivity index (χ3n) is 1.94. The van der Waals surface area contributed by atoms with E-state index in [0.717, 1.165) is 0 Å². The summed E-state index contributed by atoms with van der Waals surface area (Å²) in [6, 6.07) is 1.90. The minimum Gasteiger partial charge on any atom is -0.423 e. The zero-order valence-corrected chi connectivity index (χ0v) is 6.84. The van der Waals surface area contributed by atoms with Gasteiger partial charge in [-0.1, -0.05) is 0 Å². The summed E-state index contributed by atoms with van der Waals surface area (Å²) in [7, 11) is -1.28. The Labute approximate surface area is 69.6 Å². The Balaban J connectivity index is 2.18. The maximum absolute atomic E-state index is 8.81. The lowest BCUT2D eigenvalue weighted by Crippen LogP contribution is -2.26. The van der Waals surface area contributed by atoms with Crippen LogP contribution >= 0.6 is 11.3 Å². The second kappa shape index (κ2) is 2.62. The molecule has 0 aromatic carbocycles. The van der Waals surface area contributed by atoms with Crippen molar-refractivity contribution >= 4 is 23.2 Å². The smallest absolute Gasteiger partial charge is 0.423 e. The van der Waals surface area contributed by atoms with Crippen LogP contribution in [0.1, 0.15) is 24.3 Å². The number of thiophene rings is 1. The first-order valence-electron chi connectivity index (χ1n) is 3.72. The van der Waals surface area contributed by atoms with Crippen LogP contribution in [0.25, 0.3) is 0 Å². The van der Waals surface area contributed by atoms with Gasteiger partial charge in [-0.3, -0.25) is 0 Å². The molecule has 0 spiro atoms. The zero-order valence-electron chi connectivity index (χ0n) is 6.03. The highest BCUT2D eigenvalue weighted by molar-refractivity contribution is 7.20. The van der Waals surface area contributed by atoms with Crippen LogP contribution in [0.3, 0.4) is 0 Å². The van der Waals surface area contributed by atoms with Crippen LogP contribution in [-0.4, -0.2) is 17.2 Å². The fourth-order valence-electron chi connectivity index (χ4n) is 1.13. The van der Waals surface area contributed by atoms with Crippen molar-refractivity contribution in [3.05, 3.63) is 17.0 Å². The summed E-state index contributed by atoms with van der Waals surface area (Å²) in [5.74, 6) is 0.707. The molecule has 1 aromatic rings. The first-order valence-corrected chi connectivity index (χ1v) is 4.60. The van der Waals surface area contributed by atoms with Gasteiger partial charge in [-0.25, -0.2) is 0 Å². The molecule has 1 heterocycles. The topological polar surface area (TPSA) is 40.5 Å². The van der Waals surface area contributed by atoms with E-state index in [4.69, 9.17) is 10.0 Å². The lowest BCUT2D eigenvalue weighted by atomic mass is 9.89. The molecule has 1 aliphatic carbocycles. The lowest BCUT2D eigenvalue weighted by molar-refractivity contribution is 0.427. The summed E-state index contributed by atoms with van der Waals surface area (Å²) >= 11 is 1.43. The first-order chi connectivity index (χ1) is 5.27. The Kier molecular flexibility index (Phi) is 1.75. The predicted octanol–water partition coefficient (Wildman–Crippen LogP) is 0.305. The molecular formula is C7H9BO2S. The number of hydrogen-bond donors (Lipinski definition) is 2. The monoisotopic (exact) mass is 168 g/mol. The van der Waals surface area contributed by atoms with E-state index < -0.39 is 7.12 Å². The standard InChI is InChI=1S/C7H9BO2S/c9-8(10)7-3-6(4-11-7)5-1-2-5/h3-5,9-10H,1-2H2. The molecule has 2 nitrogen and oxygen atoms in total. The predicted molar refractivity (Wildman–Crippen MR) is 46.1 cm³/mol. The first kappa shape index (κ1) is 7.34. The molecule has 0 radical (unpaired) electrons. The minimum absolute atomic E-state index is 0.659. The molecular weight excluding hydrogens is 159 g/mol. The third kappa shape index (κ3) is 1.48. The molecule has 11 heavy (non-hydrogen) atoms. The molecule has 0 atom stereocenters. The molecule has 2 rings (SSSR count). The maximum Gasteiger partial charge on any atom is 0.499 e. The third-order valence-corrected chi connectivity index (χ3v) is 2.93. The largest absolute Gasteiger partial charge is 0.499 e. The molecule has 4 heteroatoms. The molecule has 58 valence electrons. The molecule has 0 bridgehead atoms. The van der Waals surface area contributed by atoms with E-state index in [0.29, 0.717) is 10.7 Å². The average Bonchev–Trinajstić information content (AvgIpc) is 2.68. The molecule has 0 amide bonds. The van der Waals surface area contributed by atoms with Gasteiger partial charge in [0.15, 0.2) is 0 Å². The Morgan fingerprint density at radius 2 is 2.18 bits per heavy atom. The minimum atomic E-state index is -1.28. The maximum atomic E-state index is 8.81. The molecule has 1 saturated carbocycles. The van der Waals surface area contributed by atoms with Crippen molar-refractivity contribution in [1.29, 1.82) is 0 Å². The highest BCUT2D eigenvalue weighted by atomic mass is 32.1. The Hall–Kier alpha value is -0.315. The van der Waals surface area contributed by atoms with Crippen LogP contribution in [-0.2, 0) is 0 Å². The van der Waals surface area contributed by atoms with Crippen LogP contribution in [0.4, 0.5) is 0 Å². The summed E-state index contributed by atoms with van der Waals surface area (Å²) in [5, 5.41) is 19.6. The number of hydrogen-bond acceptors (Lipinski definition) is 3. The molecule has 1 aliphatic rings. The molecule has 0 aliphatic heterocycles. The second-order valence-electron chi connectivity index (χ2n) is 2.93. The van der Waals surface area contributed by atoms with Crippen LogP contribution < -0.4 is 4.78 Å². The highest BCUT2D eigenvalue weighted by Crippen LogP contribution is 2.40. The van der Waals surface area contributed by atoms with E-state index in [2.05, 4.69) is 0 Å². The Bertz CT molecular complexity index is 238. The van der Waals surface area contributed by atoms with Gasteiger partial charge in [-0.2, -0.15) is 11.3 Å². The quantitative estimate of drug-likeness (QED) is 0.623. The van der Waals surface area contributed by atoms with E-state index >= 15 is 0 Å². The van der Waals surface area contributed by atoms with Gasteiger partial charge in [0.2, 0.25) is 0 Å². The van der Waals surface area contributed by atoms with Gasteiger partial charge in [0.05, 0.1) is 0 Å². The van der Waals surface area contributed by atoms with E-state index in [-0.39, 0.29) is 0 Å². The van der Waals surface area contributed by atoms with Crippen LogP contribution in [0.15, 0.2) is 11.4 Å². The van der Waals surface area contributed by atoms with E-state index in [1.165, 1.54) is 29.7 Å². The molecule has 1 fully saturated rings. The second-order valence-corrected chi connectivity index (χ2v) is 3.87. The zero-order chi connectivity index (χ0) is 7.84. The van der Waals surface area contributed by atoms with Crippen LogP contribution in [0.5, 0.6) is 0 Å². The Morgan fingerprint density at radius 3 is 2.64 bits per heavy atom. The van der Waals surface area contributed by atoms with Gasteiger partial charge >= 0.3 is 7.12 Å². The summed E-state index contributed by atoms with van der Waals surface area (Å²) in [6.45, 7) is 0. The summed E-state index contributed by atoms with van der Waals surface area (Å²) < 4.78 is 0.659. The normalized spacial score (nSPS) is 16.9. The lowest BCUT2D eigenvalue weighted by Gasteiger charge is -1.89. The van der Waals surface area contributed by atoms with Crippen molar-refractivity contribution in [3.8, 4) is 0 Å². The van der Waals surface area contributed by atoms with Crippen molar-refractivity contribution in [2.75, 3.05) is 0 Å². The SMILES string of the molecule is OB(O)c1cc(C2CC2)cs1. The van der Waals surface area contributed by atoms with Gasteiger partial charge in [0.1, 0.15) is 0 Å². The summed E-state index contributed by atoms with van der Waals surface area (Å²) in [6.07, 6.45) is 2.52. The van der Waals surface area contributed by atoms with Crippen molar-refractivity contribution in [2.45, 2.75) is 18.8 Å². The molecule has 0 unspecified atom stereocenters. The fourth-order valence-corrected chi connectivity index (χ4v) is 1.99. The molecule has 0 saturated heterocycles. The van der Waals surface area contributed by atoms with Crippen LogP contribution in [0, 0.1) is 0 Å². The Morgan fingerprint density at radius 1 is 1.45 bits per heavy atom. The van der Waals surface area contributed by atoms with Crippen molar-refractivity contribution < 1.29 is 10.0 Å². The van der Waals surface area contributed by atoms with Crippen molar-refractivity contribution in [2.24, 2.45) is 0 Å². The molecule has 1 aromatic heterocycles. The van der Waals surface area contributed by atoms with Gasteiger partial charge in [-0.05, 0) is 35.8 Å². The molecule has 2 N–H and O–H groups in total. The van der Waals surface area contributed by atoms with Crippen molar-refractivity contribution in [3.63, 3.8) is 0 Å². The van der Waals surface area contributed by atoms with Crippen molar-refractivity contribution in [1.82, 2.24) is 0 Å². The van der Waals surface area contributed by atoms with Gasteiger partial charge in [-0.15, -0.1) is 0 Å². The van der Waals surface area contributed by atoms with E-state index in [9.17, 15) is 0 Å². The van der Waals surface area contributed by atoms with Gasteiger partial charge < -0.3 is 10.0 Å². The number of rotatable bonds is 2. The summed E-state index contributed by atoms with van der Waals surface area (Å²) in [4.78, 5) is 0.